The van der Waals surface area contributed by atoms with Crippen LogP contribution in [0.1, 0.15) is 29.5 Å². The summed E-state index contributed by atoms with van der Waals surface area (Å²) in [6, 6.07) is 13.6. The van der Waals surface area contributed by atoms with Gasteiger partial charge in [-0.2, -0.15) is 0 Å². The standard InChI is InChI=1S/C21H23N3O3S/c1-13-7-5-10-17(11-13)26-12-18-23-24-21(27-18)28-16(4)20(25)22-19-14(2)8-6-9-15(19)3/h5-11,16H,12H2,1-4H3,(H,22,25). The van der Waals surface area contributed by atoms with Crippen molar-refractivity contribution in [2.75, 3.05) is 5.32 Å². The summed E-state index contributed by atoms with van der Waals surface area (Å²) < 4.78 is 11.2. The third-order valence-corrected chi connectivity index (χ3v) is 5.11. The van der Waals surface area contributed by atoms with E-state index in [-0.39, 0.29) is 17.8 Å². The lowest BCUT2D eigenvalue weighted by Gasteiger charge is -2.14. The van der Waals surface area contributed by atoms with E-state index in [2.05, 4.69) is 15.5 Å². The Morgan fingerprint density at radius 1 is 1.14 bits per heavy atom. The van der Waals surface area contributed by atoms with Gasteiger partial charge in [-0.3, -0.25) is 4.79 Å². The summed E-state index contributed by atoms with van der Waals surface area (Å²) in [5.41, 5.74) is 4.01. The van der Waals surface area contributed by atoms with Gasteiger partial charge < -0.3 is 14.5 Å². The van der Waals surface area contributed by atoms with Gasteiger partial charge in [-0.1, -0.05) is 42.1 Å². The molecule has 0 bridgehead atoms. The molecule has 0 aliphatic carbocycles. The number of benzene rings is 2. The van der Waals surface area contributed by atoms with Crippen LogP contribution in [0.2, 0.25) is 0 Å². The molecule has 0 saturated heterocycles. The molecule has 0 aliphatic rings. The minimum atomic E-state index is -0.384. The average molecular weight is 398 g/mol. The molecule has 0 aliphatic heterocycles. The molecule has 2 aromatic carbocycles. The van der Waals surface area contributed by atoms with Crippen LogP contribution >= 0.6 is 11.8 Å². The Bertz CT molecular complexity index is 951. The molecule has 146 valence electrons. The number of nitrogens with zero attached hydrogens (tertiary/aromatic N) is 2. The molecule has 1 unspecified atom stereocenters. The molecule has 0 saturated carbocycles. The molecule has 7 heteroatoms. The summed E-state index contributed by atoms with van der Waals surface area (Å²) in [7, 11) is 0. The van der Waals surface area contributed by atoms with Crippen LogP contribution in [0.25, 0.3) is 0 Å². The van der Waals surface area contributed by atoms with Crippen LogP contribution in [0, 0.1) is 20.8 Å². The predicted octanol–water partition coefficient (Wildman–Crippen LogP) is 4.69. The normalized spacial score (nSPS) is 11.9. The zero-order chi connectivity index (χ0) is 20.1. The number of hydrogen-bond acceptors (Lipinski definition) is 6. The quantitative estimate of drug-likeness (QED) is 0.583. The minimum Gasteiger partial charge on any atom is -0.484 e. The van der Waals surface area contributed by atoms with Gasteiger partial charge in [-0.25, -0.2) is 0 Å². The first kappa shape index (κ1) is 19.9. The highest BCUT2D eigenvalue weighted by Gasteiger charge is 2.19. The fourth-order valence-electron chi connectivity index (χ4n) is 2.64. The third-order valence-electron chi connectivity index (χ3n) is 4.18. The highest BCUT2D eigenvalue weighted by Crippen LogP contribution is 2.25. The highest BCUT2D eigenvalue weighted by molar-refractivity contribution is 8.00. The van der Waals surface area contributed by atoms with Gasteiger partial charge in [0.25, 0.3) is 11.1 Å². The number of carbonyl (C=O) groups is 1. The van der Waals surface area contributed by atoms with Crippen LogP contribution in [0.5, 0.6) is 5.75 Å². The molecule has 1 heterocycles. The first-order chi connectivity index (χ1) is 13.4. The van der Waals surface area contributed by atoms with Crippen LogP contribution in [0.15, 0.2) is 52.1 Å². The molecular weight excluding hydrogens is 374 g/mol. The van der Waals surface area contributed by atoms with Gasteiger partial charge in [0.15, 0.2) is 6.61 Å². The Morgan fingerprint density at radius 2 is 1.86 bits per heavy atom. The lowest BCUT2D eigenvalue weighted by atomic mass is 10.1. The monoisotopic (exact) mass is 397 g/mol. The highest BCUT2D eigenvalue weighted by atomic mass is 32.2. The predicted molar refractivity (Wildman–Crippen MR) is 110 cm³/mol. The molecule has 0 radical (unpaired) electrons. The Labute approximate surface area is 168 Å². The van der Waals surface area contributed by atoms with E-state index < -0.39 is 0 Å². The maximum absolute atomic E-state index is 12.5. The van der Waals surface area contributed by atoms with Crippen LogP contribution in [0.3, 0.4) is 0 Å². The van der Waals surface area contributed by atoms with E-state index in [0.29, 0.717) is 11.1 Å². The van der Waals surface area contributed by atoms with E-state index in [1.54, 1.807) is 6.92 Å². The summed E-state index contributed by atoms with van der Waals surface area (Å²) in [6.45, 7) is 7.93. The summed E-state index contributed by atoms with van der Waals surface area (Å²) in [6.07, 6.45) is 0. The minimum absolute atomic E-state index is 0.113. The molecule has 28 heavy (non-hydrogen) atoms. The maximum Gasteiger partial charge on any atom is 0.277 e. The van der Waals surface area contributed by atoms with Crippen molar-refractivity contribution in [2.24, 2.45) is 0 Å². The molecule has 1 atom stereocenters. The number of amides is 1. The Morgan fingerprint density at radius 3 is 2.57 bits per heavy atom. The lowest BCUT2D eigenvalue weighted by Crippen LogP contribution is -2.23. The van der Waals surface area contributed by atoms with Crippen molar-refractivity contribution < 1.29 is 13.9 Å². The van der Waals surface area contributed by atoms with Crippen LogP contribution in [0.4, 0.5) is 5.69 Å². The van der Waals surface area contributed by atoms with Crippen molar-refractivity contribution in [3.63, 3.8) is 0 Å². The van der Waals surface area contributed by atoms with Crippen LogP contribution < -0.4 is 10.1 Å². The Hall–Kier alpha value is -2.80. The molecule has 3 rings (SSSR count). The van der Waals surface area contributed by atoms with Gasteiger partial charge in [-0.05, 0) is 56.5 Å². The van der Waals surface area contributed by atoms with Gasteiger partial charge >= 0.3 is 0 Å². The van der Waals surface area contributed by atoms with Crippen molar-refractivity contribution in [2.45, 2.75) is 44.8 Å². The Balaban J connectivity index is 1.56. The van der Waals surface area contributed by atoms with Gasteiger partial charge in [0.1, 0.15) is 5.75 Å². The lowest BCUT2D eigenvalue weighted by molar-refractivity contribution is -0.115. The van der Waals surface area contributed by atoms with E-state index in [1.807, 2.05) is 63.2 Å². The second-order valence-corrected chi connectivity index (χ2v) is 7.88. The summed E-state index contributed by atoms with van der Waals surface area (Å²) in [4.78, 5) is 12.5. The van der Waals surface area contributed by atoms with E-state index in [9.17, 15) is 4.79 Å². The smallest absolute Gasteiger partial charge is 0.277 e. The number of carbonyl (C=O) groups excluding carboxylic acids is 1. The Kier molecular flexibility index (Phi) is 6.36. The van der Waals surface area contributed by atoms with Gasteiger partial charge in [0.2, 0.25) is 5.91 Å². The second-order valence-electron chi connectivity index (χ2n) is 6.58. The number of aromatic nitrogens is 2. The molecule has 1 amide bonds. The largest absolute Gasteiger partial charge is 0.484 e. The van der Waals surface area contributed by atoms with E-state index in [0.717, 1.165) is 28.1 Å². The number of anilines is 1. The molecule has 1 N–H and O–H groups in total. The third kappa shape index (κ3) is 5.13. The zero-order valence-corrected chi connectivity index (χ0v) is 17.2. The maximum atomic E-state index is 12.5. The molecule has 1 aromatic heterocycles. The molecular formula is C21H23N3O3S. The number of nitrogens with one attached hydrogen (secondary N) is 1. The van der Waals surface area contributed by atoms with E-state index in [4.69, 9.17) is 9.15 Å². The van der Waals surface area contributed by atoms with Crippen molar-refractivity contribution in [3.05, 3.63) is 65.0 Å². The van der Waals surface area contributed by atoms with E-state index in [1.165, 1.54) is 11.8 Å². The first-order valence-corrected chi connectivity index (χ1v) is 9.86. The molecule has 3 aromatic rings. The number of thioether (sulfide) groups is 1. The number of para-hydroxylation sites is 1. The summed E-state index contributed by atoms with van der Waals surface area (Å²) in [5.74, 6) is 0.998. The fraction of sp³-hybridized carbons (Fsp3) is 0.286. The zero-order valence-electron chi connectivity index (χ0n) is 16.4. The van der Waals surface area contributed by atoms with Crippen molar-refractivity contribution >= 4 is 23.4 Å². The van der Waals surface area contributed by atoms with Crippen molar-refractivity contribution in [3.8, 4) is 5.75 Å². The van der Waals surface area contributed by atoms with Crippen molar-refractivity contribution in [1.29, 1.82) is 0 Å². The summed E-state index contributed by atoms with van der Waals surface area (Å²) >= 11 is 1.22. The summed E-state index contributed by atoms with van der Waals surface area (Å²) in [5, 5.41) is 10.9. The second kappa shape index (κ2) is 8.93. The topological polar surface area (TPSA) is 77.2 Å². The molecule has 0 fully saturated rings. The first-order valence-electron chi connectivity index (χ1n) is 8.98. The fourth-order valence-corrected chi connectivity index (χ4v) is 3.34. The molecule has 0 spiro atoms. The van der Waals surface area contributed by atoms with Gasteiger partial charge in [0.05, 0.1) is 5.25 Å². The van der Waals surface area contributed by atoms with Gasteiger partial charge in [0, 0.05) is 5.69 Å². The van der Waals surface area contributed by atoms with Crippen LogP contribution in [-0.2, 0) is 11.4 Å². The number of rotatable bonds is 7. The van der Waals surface area contributed by atoms with Crippen LogP contribution in [-0.4, -0.2) is 21.4 Å². The van der Waals surface area contributed by atoms with Crippen molar-refractivity contribution in [1.82, 2.24) is 10.2 Å². The number of ether oxygens (including phenoxy) is 1. The number of aryl methyl sites for hydroxylation is 3. The van der Waals surface area contributed by atoms with E-state index >= 15 is 0 Å². The number of hydrogen-bond donors (Lipinski definition) is 1. The molecule has 6 nitrogen and oxygen atoms in total. The average Bonchev–Trinajstić information content (AvgIpc) is 3.10. The SMILES string of the molecule is Cc1cccc(OCc2nnc(SC(C)C(=O)Nc3c(C)cccc3C)o2)c1. The van der Waals surface area contributed by atoms with Gasteiger partial charge in [-0.15, -0.1) is 10.2 Å².